The predicted octanol–water partition coefficient (Wildman–Crippen LogP) is 3.04. The zero-order valence-electron chi connectivity index (χ0n) is 13.2. The SMILES string of the molecule is CC(C)CN(CC(C)C)CC(O)COc1ccccc1. The molecule has 0 aliphatic heterocycles. The second-order valence-corrected chi connectivity index (χ2v) is 6.28. The van der Waals surface area contributed by atoms with Crippen molar-refractivity contribution < 1.29 is 9.84 Å². The molecule has 0 fully saturated rings. The van der Waals surface area contributed by atoms with Crippen LogP contribution in [0.5, 0.6) is 5.75 Å². The maximum Gasteiger partial charge on any atom is 0.119 e. The van der Waals surface area contributed by atoms with Gasteiger partial charge >= 0.3 is 0 Å². The second-order valence-electron chi connectivity index (χ2n) is 6.28. The Morgan fingerprint density at radius 1 is 0.950 bits per heavy atom. The molecule has 0 heterocycles. The van der Waals surface area contributed by atoms with Gasteiger partial charge in [-0.25, -0.2) is 0 Å². The van der Waals surface area contributed by atoms with Crippen LogP contribution in [-0.4, -0.2) is 42.4 Å². The molecule has 0 saturated heterocycles. The van der Waals surface area contributed by atoms with Gasteiger partial charge in [-0.05, 0) is 24.0 Å². The van der Waals surface area contributed by atoms with Gasteiger partial charge in [-0.15, -0.1) is 0 Å². The molecule has 1 rings (SSSR count). The number of hydrogen-bond acceptors (Lipinski definition) is 3. The van der Waals surface area contributed by atoms with Crippen molar-refractivity contribution >= 4 is 0 Å². The van der Waals surface area contributed by atoms with Crippen molar-refractivity contribution in [3.63, 3.8) is 0 Å². The van der Waals surface area contributed by atoms with Crippen molar-refractivity contribution in [2.45, 2.75) is 33.8 Å². The number of rotatable bonds is 9. The monoisotopic (exact) mass is 279 g/mol. The van der Waals surface area contributed by atoms with E-state index in [4.69, 9.17) is 4.74 Å². The first-order valence-electron chi connectivity index (χ1n) is 7.55. The van der Waals surface area contributed by atoms with Gasteiger partial charge in [0.05, 0.1) is 0 Å². The fourth-order valence-corrected chi connectivity index (χ4v) is 2.32. The van der Waals surface area contributed by atoms with Crippen LogP contribution in [-0.2, 0) is 0 Å². The van der Waals surface area contributed by atoms with Gasteiger partial charge in [0.15, 0.2) is 0 Å². The van der Waals surface area contributed by atoms with Crippen LogP contribution in [0.4, 0.5) is 0 Å². The number of hydrogen-bond donors (Lipinski definition) is 1. The molecule has 3 nitrogen and oxygen atoms in total. The lowest BCUT2D eigenvalue weighted by Gasteiger charge is -2.28. The molecule has 1 aromatic carbocycles. The third kappa shape index (κ3) is 7.51. The first-order chi connectivity index (χ1) is 9.47. The quantitative estimate of drug-likeness (QED) is 0.754. The van der Waals surface area contributed by atoms with Gasteiger partial charge in [0.25, 0.3) is 0 Å². The van der Waals surface area contributed by atoms with Gasteiger partial charge in [-0.3, -0.25) is 0 Å². The number of ether oxygens (including phenoxy) is 1. The molecule has 0 bridgehead atoms. The zero-order valence-corrected chi connectivity index (χ0v) is 13.2. The minimum atomic E-state index is -0.451. The van der Waals surface area contributed by atoms with Crippen molar-refractivity contribution in [2.75, 3.05) is 26.2 Å². The largest absolute Gasteiger partial charge is 0.491 e. The molecule has 0 aromatic heterocycles. The Kier molecular flexibility index (Phi) is 7.63. The summed E-state index contributed by atoms with van der Waals surface area (Å²) in [4.78, 5) is 2.33. The van der Waals surface area contributed by atoms with Crippen molar-refractivity contribution in [1.29, 1.82) is 0 Å². The van der Waals surface area contributed by atoms with E-state index < -0.39 is 6.10 Å². The van der Waals surface area contributed by atoms with E-state index in [0.717, 1.165) is 18.8 Å². The van der Waals surface area contributed by atoms with Crippen molar-refractivity contribution in [1.82, 2.24) is 4.90 Å². The molecule has 0 aliphatic rings. The van der Waals surface area contributed by atoms with E-state index in [9.17, 15) is 5.11 Å². The molecule has 0 amide bonds. The Morgan fingerprint density at radius 2 is 1.50 bits per heavy atom. The lowest BCUT2D eigenvalue weighted by atomic mass is 10.1. The van der Waals surface area contributed by atoms with E-state index in [1.165, 1.54) is 0 Å². The summed E-state index contributed by atoms with van der Waals surface area (Å²) in [7, 11) is 0. The molecular formula is C17H29NO2. The molecule has 1 N–H and O–H groups in total. The highest BCUT2D eigenvalue weighted by molar-refractivity contribution is 5.20. The van der Waals surface area contributed by atoms with Crippen molar-refractivity contribution in [3.8, 4) is 5.75 Å². The molecule has 20 heavy (non-hydrogen) atoms. The summed E-state index contributed by atoms with van der Waals surface area (Å²) < 4.78 is 5.60. The molecule has 0 saturated carbocycles. The molecule has 3 heteroatoms. The van der Waals surface area contributed by atoms with Gasteiger partial charge in [-0.2, -0.15) is 0 Å². The summed E-state index contributed by atoms with van der Waals surface area (Å²) >= 11 is 0. The van der Waals surface area contributed by atoms with E-state index in [1.807, 2.05) is 30.3 Å². The van der Waals surface area contributed by atoms with Crippen LogP contribution in [0.3, 0.4) is 0 Å². The first kappa shape index (κ1) is 17.0. The average Bonchev–Trinajstić information content (AvgIpc) is 2.36. The maximum absolute atomic E-state index is 10.1. The van der Waals surface area contributed by atoms with E-state index >= 15 is 0 Å². The minimum absolute atomic E-state index is 0.344. The van der Waals surface area contributed by atoms with Crippen LogP contribution < -0.4 is 4.74 Å². The van der Waals surface area contributed by atoms with Crippen LogP contribution in [0.1, 0.15) is 27.7 Å². The van der Waals surface area contributed by atoms with Crippen LogP contribution in [0.15, 0.2) is 30.3 Å². The van der Waals surface area contributed by atoms with Crippen molar-refractivity contribution in [2.24, 2.45) is 11.8 Å². The topological polar surface area (TPSA) is 32.7 Å². The summed E-state index contributed by atoms with van der Waals surface area (Å²) in [6.45, 7) is 11.9. The van der Waals surface area contributed by atoms with E-state index in [2.05, 4.69) is 32.6 Å². The number of aliphatic hydroxyl groups excluding tert-OH is 1. The molecular weight excluding hydrogens is 250 g/mol. The van der Waals surface area contributed by atoms with Gasteiger partial charge in [0.1, 0.15) is 18.5 Å². The summed E-state index contributed by atoms with van der Waals surface area (Å²) in [6, 6.07) is 9.65. The molecule has 1 aromatic rings. The predicted molar refractivity (Wildman–Crippen MR) is 84.1 cm³/mol. The third-order valence-corrected chi connectivity index (χ3v) is 2.90. The first-order valence-corrected chi connectivity index (χ1v) is 7.55. The van der Waals surface area contributed by atoms with Crippen LogP contribution in [0, 0.1) is 11.8 Å². The molecule has 0 aliphatic carbocycles. The fraction of sp³-hybridized carbons (Fsp3) is 0.647. The van der Waals surface area contributed by atoms with Gasteiger partial charge in [-0.1, -0.05) is 45.9 Å². The molecule has 0 spiro atoms. The molecule has 114 valence electrons. The number of para-hydroxylation sites is 1. The molecule has 0 radical (unpaired) electrons. The summed E-state index contributed by atoms with van der Waals surface area (Å²) in [5, 5.41) is 10.1. The van der Waals surface area contributed by atoms with Gasteiger partial charge in [0, 0.05) is 19.6 Å². The standard InChI is InChI=1S/C17H29NO2/c1-14(2)10-18(11-15(3)4)12-16(19)13-20-17-8-6-5-7-9-17/h5-9,14-16,19H,10-13H2,1-4H3. The number of nitrogens with zero attached hydrogens (tertiary/aromatic N) is 1. The van der Waals surface area contributed by atoms with Gasteiger partial charge < -0.3 is 14.7 Å². The summed E-state index contributed by atoms with van der Waals surface area (Å²) in [5.74, 6) is 2.03. The Balaban J connectivity index is 2.38. The fourth-order valence-electron chi connectivity index (χ4n) is 2.32. The molecule has 1 unspecified atom stereocenters. The number of aliphatic hydroxyl groups is 1. The Bertz CT molecular complexity index is 341. The maximum atomic E-state index is 10.1. The highest BCUT2D eigenvalue weighted by atomic mass is 16.5. The van der Waals surface area contributed by atoms with Crippen LogP contribution in [0.25, 0.3) is 0 Å². The zero-order chi connectivity index (χ0) is 15.0. The van der Waals surface area contributed by atoms with Gasteiger partial charge in [0.2, 0.25) is 0 Å². The van der Waals surface area contributed by atoms with Crippen LogP contribution in [0.2, 0.25) is 0 Å². The number of benzene rings is 1. The minimum Gasteiger partial charge on any atom is -0.491 e. The lowest BCUT2D eigenvalue weighted by molar-refractivity contribution is 0.0601. The summed E-state index contributed by atoms with van der Waals surface area (Å²) in [5.41, 5.74) is 0. The van der Waals surface area contributed by atoms with Crippen LogP contribution >= 0.6 is 0 Å². The second kappa shape index (κ2) is 8.98. The summed E-state index contributed by atoms with van der Waals surface area (Å²) in [6.07, 6.45) is -0.451. The Hall–Kier alpha value is -1.06. The van der Waals surface area contributed by atoms with E-state index in [0.29, 0.717) is 25.0 Å². The normalized spacial score (nSPS) is 13.2. The lowest BCUT2D eigenvalue weighted by Crippen LogP contribution is -2.39. The van der Waals surface area contributed by atoms with Crippen molar-refractivity contribution in [3.05, 3.63) is 30.3 Å². The van der Waals surface area contributed by atoms with E-state index in [1.54, 1.807) is 0 Å². The van der Waals surface area contributed by atoms with E-state index in [-0.39, 0.29) is 0 Å². The highest BCUT2D eigenvalue weighted by Crippen LogP contribution is 2.10. The molecule has 1 atom stereocenters. The third-order valence-electron chi connectivity index (χ3n) is 2.90. The Morgan fingerprint density at radius 3 is 2.00 bits per heavy atom. The average molecular weight is 279 g/mol. The smallest absolute Gasteiger partial charge is 0.119 e. The highest BCUT2D eigenvalue weighted by Gasteiger charge is 2.14. The Labute approximate surface area is 123 Å².